The van der Waals surface area contributed by atoms with Gasteiger partial charge in [0.2, 0.25) is 0 Å². The Kier molecular flexibility index (Phi) is 23.8. The zero-order valence-corrected chi connectivity index (χ0v) is 28.8. The van der Waals surface area contributed by atoms with Crippen molar-refractivity contribution in [2.75, 3.05) is 39.6 Å². The zero-order valence-electron chi connectivity index (χ0n) is 28.8. The molecule has 46 heavy (non-hydrogen) atoms. The number of unbranched alkanes of at least 4 members (excludes halogenated alkanes) is 14. The Bertz CT molecular complexity index is 927. The Morgan fingerprint density at radius 2 is 0.717 bits per heavy atom. The molecule has 0 saturated carbocycles. The molecular formula is C36H58O10. The predicted molar refractivity (Wildman–Crippen MR) is 176 cm³/mol. The van der Waals surface area contributed by atoms with Crippen LogP contribution >= 0.6 is 0 Å². The molecule has 0 aliphatic carbocycles. The Hall–Kier alpha value is -3.30. The molecule has 0 heterocycles. The number of rotatable bonds is 28. The van der Waals surface area contributed by atoms with Crippen molar-refractivity contribution in [3.63, 3.8) is 0 Å². The lowest BCUT2D eigenvalue weighted by Crippen LogP contribution is -2.14. The molecule has 0 N–H and O–H groups in total. The largest absolute Gasteiger partial charge is 0.493 e. The highest BCUT2D eigenvalue weighted by Gasteiger charge is 2.23. The van der Waals surface area contributed by atoms with Crippen LogP contribution in [-0.2, 0) is 28.5 Å². The van der Waals surface area contributed by atoms with Gasteiger partial charge in [0.15, 0.2) is 0 Å². The van der Waals surface area contributed by atoms with Gasteiger partial charge in [-0.15, -0.1) is 0 Å². The minimum Gasteiger partial charge on any atom is -0.493 e. The third-order valence-corrected chi connectivity index (χ3v) is 7.28. The number of ether oxygens (including phenoxy) is 6. The van der Waals surface area contributed by atoms with Crippen molar-refractivity contribution in [3.05, 3.63) is 23.3 Å². The van der Waals surface area contributed by atoms with Crippen LogP contribution in [0.4, 0.5) is 0 Å². The summed E-state index contributed by atoms with van der Waals surface area (Å²) in [4.78, 5) is 47.2. The third kappa shape index (κ3) is 20.0. The summed E-state index contributed by atoms with van der Waals surface area (Å²) in [6, 6.07) is 3.08. The van der Waals surface area contributed by atoms with Gasteiger partial charge in [-0.3, -0.25) is 9.59 Å². The number of esters is 4. The lowest BCUT2D eigenvalue weighted by Gasteiger charge is -2.16. The summed E-state index contributed by atoms with van der Waals surface area (Å²) in [7, 11) is 0. The summed E-state index contributed by atoms with van der Waals surface area (Å²) in [5, 5.41) is 0. The van der Waals surface area contributed by atoms with Crippen LogP contribution in [0.15, 0.2) is 12.1 Å². The lowest BCUT2D eigenvalue weighted by molar-refractivity contribution is -0.142. The molecule has 0 amide bonds. The van der Waals surface area contributed by atoms with Crippen molar-refractivity contribution >= 4 is 23.9 Å². The zero-order chi connectivity index (χ0) is 33.8. The van der Waals surface area contributed by atoms with Gasteiger partial charge in [0.1, 0.15) is 22.6 Å². The Morgan fingerprint density at radius 3 is 1.00 bits per heavy atom. The summed E-state index contributed by atoms with van der Waals surface area (Å²) >= 11 is 0. The number of hydrogen-bond donors (Lipinski definition) is 0. The van der Waals surface area contributed by atoms with Gasteiger partial charge in [-0.1, -0.05) is 77.0 Å². The van der Waals surface area contributed by atoms with Crippen molar-refractivity contribution in [1.82, 2.24) is 0 Å². The summed E-state index contributed by atoms with van der Waals surface area (Å²) in [5.74, 6) is -0.939. The average molecular weight is 651 g/mol. The summed E-state index contributed by atoms with van der Waals surface area (Å²) in [5.41, 5.74) is 0.458. The van der Waals surface area contributed by atoms with Crippen LogP contribution in [-0.4, -0.2) is 63.5 Å². The van der Waals surface area contributed by atoms with Gasteiger partial charge >= 0.3 is 23.9 Å². The maximum absolute atomic E-state index is 12.8. The minimum atomic E-state index is -0.528. The second-order valence-electron chi connectivity index (χ2n) is 11.3. The monoisotopic (exact) mass is 650 g/mol. The molecule has 0 bridgehead atoms. The molecular weight excluding hydrogens is 592 g/mol. The smallest absolute Gasteiger partial charge is 0.342 e. The van der Waals surface area contributed by atoms with Crippen molar-refractivity contribution in [2.45, 2.75) is 130 Å². The van der Waals surface area contributed by atoms with Crippen molar-refractivity contribution < 1.29 is 47.6 Å². The van der Waals surface area contributed by atoms with E-state index in [0.717, 1.165) is 103 Å². The maximum atomic E-state index is 12.8. The van der Waals surface area contributed by atoms with Gasteiger partial charge in [-0.25, -0.2) is 9.59 Å². The van der Waals surface area contributed by atoms with E-state index >= 15 is 0 Å². The van der Waals surface area contributed by atoms with E-state index < -0.39 is 11.9 Å². The molecule has 0 aliphatic heterocycles. The second kappa shape index (κ2) is 26.9. The van der Waals surface area contributed by atoms with Crippen LogP contribution in [0.1, 0.15) is 151 Å². The van der Waals surface area contributed by atoms with Crippen LogP contribution in [0.2, 0.25) is 0 Å². The van der Waals surface area contributed by atoms with Crippen LogP contribution in [0.3, 0.4) is 0 Å². The van der Waals surface area contributed by atoms with Gasteiger partial charge in [-0.05, 0) is 51.7 Å². The van der Waals surface area contributed by atoms with Gasteiger partial charge in [0.05, 0.1) is 39.6 Å². The van der Waals surface area contributed by atoms with Gasteiger partial charge in [0.25, 0.3) is 0 Å². The number of carbonyl (C=O) groups excluding carboxylic acids is 4. The molecule has 0 spiro atoms. The molecule has 10 nitrogen and oxygen atoms in total. The second-order valence-corrected chi connectivity index (χ2v) is 11.3. The first kappa shape index (κ1) is 40.7. The van der Waals surface area contributed by atoms with E-state index in [-0.39, 0.29) is 47.8 Å². The van der Waals surface area contributed by atoms with E-state index in [1.165, 1.54) is 26.0 Å². The average Bonchev–Trinajstić information content (AvgIpc) is 3.02. The molecule has 1 aromatic rings. The topological polar surface area (TPSA) is 124 Å². The van der Waals surface area contributed by atoms with Crippen LogP contribution in [0.5, 0.6) is 11.5 Å². The normalized spacial score (nSPS) is 10.7. The Morgan fingerprint density at radius 1 is 0.435 bits per heavy atom. The fourth-order valence-corrected chi connectivity index (χ4v) is 4.86. The first-order chi connectivity index (χ1) is 22.3. The third-order valence-electron chi connectivity index (χ3n) is 7.28. The summed E-state index contributed by atoms with van der Waals surface area (Å²) in [6.07, 6.45) is 16.4. The molecule has 262 valence electrons. The Balaban J connectivity index is 2.57. The van der Waals surface area contributed by atoms with Crippen LogP contribution in [0.25, 0.3) is 0 Å². The fraction of sp³-hybridized carbons (Fsp3) is 0.722. The molecule has 0 atom stereocenters. The highest BCUT2D eigenvalue weighted by molar-refractivity contribution is 5.98. The minimum absolute atomic E-state index is 0.212. The van der Waals surface area contributed by atoms with E-state index in [1.807, 2.05) is 0 Å². The van der Waals surface area contributed by atoms with Gasteiger partial charge in [-0.2, -0.15) is 0 Å². The van der Waals surface area contributed by atoms with E-state index in [9.17, 15) is 19.2 Å². The highest BCUT2D eigenvalue weighted by Crippen LogP contribution is 2.31. The molecule has 0 aliphatic rings. The first-order valence-electron chi connectivity index (χ1n) is 17.3. The molecule has 0 radical (unpaired) electrons. The van der Waals surface area contributed by atoms with E-state index in [4.69, 9.17) is 28.4 Å². The van der Waals surface area contributed by atoms with Crippen molar-refractivity contribution in [3.8, 4) is 11.5 Å². The predicted octanol–water partition coefficient (Wildman–Crippen LogP) is 8.17. The van der Waals surface area contributed by atoms with E-state index in [0.29, 0.717) is 26.4 Å². The fourth-order valence-electron chi connectivity index (χ4n) is 4.86. The molecule has 10 heteroatoms. The number of benzene rings is 1. The van der Waals surface area contributed by atoms with E-state index in [2.05, 4.69) is 0 Å². The summed E-state index contributed by atoms with van der Waals surface area (Å²) in [6.45, 7) is 8.57. The SMILES string of the molecule is CCOC(=O)c1cc(OCCCCCCCCCCOC(C)=O)c(C(=O)OCC)cc1OCCCCCCCCCCOC(C)=O. The molecule has 0 fully saturated rings. The molecule has 1 rings (SSSR count). The van der Waals surface area contributed by atoms with Crippen molar-refractivity contribution in [1.29, 1.82) is 0 Å². The lowest BCUT2D eigenvalue weighted by atomic mass is 10.1. The number of hydrogen-bond acceptors (Lipinski definition) is 10. The quantitative estimate of drug-likeness (QED) is 0.0498. The van der Waals surface area contributed by atoms with Crippen LogP contribution < -0.4 is 9.47 Å². The molecule has 1 aromatic carbocycles. The van der Waals surface area contributed by atoms with Gasteiger partial charge < -0.3 is 28.4 Å². The van der Waals surface area contributed by atoms with E-state index in [1.54, 1.807) is 13.8 Å². The van der Waals surface area contributed by atoms with Crippen LogP contribution in [0, 0.1) is 0 Å². The number of carbonyl (C=O) groups is 4. The molecule has 0 saturated heterocycles. The standard InChI is InChI=1S/C36H58O10/c1-5-41-35(39)31-27-34(46-26-22-18-14-10-8-12-16-20-24-44-30(4)38)32(36(40)42-6-2)28-33(31)45-25-21-17-13-9-7-11-15-19-23-43-29(3)37/h27-28H,5-26H2,1-4H3. The van der Waals surface area contributed by atoms with Gasteiger partial charge in [0, 0.05) is 13.8 Å². The molecule has 0 aromatic heterocycles. The maximum Gasteiger partial charge on any atom is 0.342 e. The first-order valence-corrected chi connectivity index (χ1v) is 17.3. The Labute approximate surface area is 276 Å². The van der Waals surface area contributed by atoms with Crippen molar-refractivity contribution in [2.24, 2.45) is 0 Å². The summed E-state index contributed by atoms with van der Waals surface area (Å²) < 4.78 is 32.5. The highest BCUT2D eigenvalue weighted by atomic mass is 16.5. The molecule has 0 unspecified atom stereocenters.